The van der Waals surface area contributed by atoms with Gasteiger partial charge in [-0.2, -0.15) is 0 Å². The van der Waals surface area contributed by atoms with Crippen molar-refractivity contribution in [3.05, 3.63) is 51.9 Å². The molecular weight excluding hydrogens is 403 g/mol. The molecule has 3 rings (SSSR count). The smallest absolute Gasteiger partial charge is 0.269 e. The van der Waals surface area contributed by atoms with E-state index in [0.717, 1.165) is 9.54 Å². The van der Waals surface area contributed by atoms with Crippen LogP contribution in [0.3, 0.4) is 0 Å². The van der Waals surface area contributed by atoms with E-state index in [-0.39, 0.29) is 10.6 Å². The van der Waals surface area contributed by atoms with E-state index in [1.807, 2.05) is 29.5 Å². The average Bonchev–Trinajstić information content (AvgIpc) is 2.89. The third-order valence-corrected chi connectivity index (χ3v) is 5.99. The third-order valence-electron chi connectivity index (χ3n) is 3.17. The number of pyridine rings is 1. The van der Waals surface area contributed by atoms with E-state index in [4.69, 9.17) is 0 Å². The van der Waals surface area contributed by atoms with Gasteiger partial charge in [0.1, 0.15) is 5.75 Å². The highest BCUT2D eigenvalue weighted by Crippen LogP contribution is 2.29. The van der Waals surface area contributed by atoms with Crippen molar-refractivity contribution in [2.45, 2.75) is 11.8 Å². The zero-order valence-electron chi connectivity index (χ0n) is 11.0. The van der Waals surface area contributed by atoms with Crippen molar-refractivity contribution in [1.29, 1.82) is 0 Å². The second-order valence-electron chi connectivity index (χ2n) is 4.62. The summed E-state index contributed by atoms with van der Waals surface area (Å²) in [7, 11) is -3.70. The van der Waals surface area contributed by atoms with Crippen molar-refractivity contribution in [2.75, 3.05) is 0 Å². The van der Waals surface area contributed by atoms with Crippen molar-refractivity contribution in [2.24, 2.45) is 0 Å². The van der Waals surface area contributed by atoms with Gasteiger partial charge in [-0.1, -0.05) is 17.7 Å². The fourth-order valence-electron chi connectivity index (χ4n) is 2.04. The van der Waals surface area contributed by atoms with Gasteiger partial charge in [-0.25, -0.2) is 17.4 Å². The molecule has 0 fully saturated rings. The minimum absolute atomic E-state index is 0.0357. The van der Waals surface area contributed by atoms with E-state index in [2.05, 4.69) is 4.98 Å². The Kier molecular flexibility index (Phi) is 3.40. The van der Waals surface area contributed by atoms with Gasteiger partial charge in [-0.05, 0) is 47.7 Å². The topological polar surface area (TPSA) is 72.2 Å². The molecule has 5 nitrogen and oxygen atoms in total. The van der Waals surface area contributed by atoms with Crippen LogP contribution in [0.25, 0.3) is 11.0 Å². The molecule has 2 aromatic heterocycles. The Balaban J connectivity index is 2.25. The van der Waals surface area contributed by atoms with E-state index in [0.29, 0.717) is 14.6 Å². The van der Waals surface area contributed by atoms with Crippen molar-refractivity contribution in [3.63, 3.8) is 0 Å². The minimum Gasteiger partial charge on any atom is -0.505 e. The number of fused-ring (bicyclic) bond motifs is 1. The lowest BCUT2D eigenvalue weighted by Gasteiger charge is -2.07. The van der Waals surface area contributed by atoms with Crippen molar-refractivity contribution in [1.82, 2.24) is 8.96 Å². The number of halogens is 1. The number of aryl methyl sites for hydroxylation is 1. The largest absolute Gasteiger partial charge is 0.505 e. The summed E-state index contributed by atoms with van der Waals surface area (Å²) in [5.74, 6) is 0.0357. The van der Waals surface area contributed by atoms with Crippen LogP contribution in [0.2, 0.25) is 0 Å². The van der Waals surface area contributed by atoms with Crippen LogP contribution in [-0.4, -0.2) is 22.5 Å². The van der Waals surface area contributed by atoms with Crippen molar-refractivity contribution >= 4 is 43.6 Å². The lowest BCUT2D eigenvalue weighted by Crippen LogP contribution is -2.12. The van der Waals surface area contributed by atoms with Crippen LogP contribution in [-0.2, 0) is 10.0 Å². The number of hydrogen-bond acceptors (Lipinski definition) is 4. The quantitative estimate of drug-likeness (QED) is 0.655. The standard InChI is InChI=1S/C14H11IN2O3S/c1-9-2-4-10(5-3-9)21(19,20)17-7-6-11-13(15)12(18)8-16-14(11)17/h2-8,18H,1H3. The molecule has 0 bridgehead atoms. The Morgan fingerprint density at radius 3 is 2.52 bits per heavy atom. The molecule has 0 atom stereocenters. The van der Waals surface area contributed by atoms with Gasteiger partial charge in [0.25, 0.3) is 10.0 Å². The van der Waals surface area contributed by atoms with E-state index >= 15 is 0 Å². The molecule has 1 N–H and O–H groups in total. The zero-order chi connectivity index (χ0) is 15.2. The van der Waals surface area contributed by atoms with Crippen LogP contribution in [0.15, 0.2) is 47.6 Å². The van der Waals surface area contributed by atoms with E-state index in [9.17, 15) is 13.5 Å². The fraction of sp³-hybridized carbons (Fsp3) is 0.0714. The molecule has 108 valence electrons. The summed E-state index contributed by atoms with van der Waals surface area (Å²) in [6, 6.07) is 8.28. The molecule has 1 aromatic carbocycles. The maximum absolute atomic E-state index is 12.7. The molecule has 0 aliphatic carbocycles. The number of hydrogen-bond donors (Lipinski definition) is 1. The van der Waals surface area contributed by atoms with E-state index < -0.39 is 10.0 Å². The molecule has 0 unspecified atom stereocenters. The summed E-state index contributed by atoms with van der Waals surface area (Å²) in [6.45, 7) is 1.90. The molecular formula is C14H11IN2O3S. The monoisotopic (exact) mass is 414 g/mol. The van der Waals surface area contributed by atoms with Crippen LogP contribution in [0.4, 0.5) is 0 Å². The zero-order valence-corrected chi connectivity index (χ0v) is 14.0. The first-order chi connectivity index (χ1) is 9.91. The fourth-order valence-corrected chi connectivity index (χ4v) is 3.90. The summed E-state index contributed by atoms with van der Waals surface area (Å²) in [6.07, 6.45) is 2.71. The predicted octanol–water partition coefficient (Wildman–Crippen LogP) is 2.89. The first-order valence-corrected chi connectivity index (χ1v) is 8.60. The van der Waals surface area contributed by atoms with E-state index in [1.54, 1.807) is 30.3 Å². The lowest BCUT2D eigenvalue weighted by molar-refractivity contribution is 0.470. The highest BCUT2D eigenvalue weighted by atomic mass is 127. The average molecular weight is 414 g/mol. The van der Waals surface area contributed by atoms with Gasteiger partial charge in [0, 0.05) is 11.6 Å². The van der Waals surface area contributed by atoms with Crippen molar-refractivity contribution in [3.8, 4) is 5.75 Å². The lowest BCUT2D eigenvalue weighted by atomic mass is 10.2. The van der Waals surface area contributed by atoms with Gasteiger partial charge < -0.3 is 5.11 Å². The molecule has 0 amide bonds. The van der Waals surface area contributed by atoms with Gasteiger partial charge in [0.15, 0.2) is 5.65 Å². The van der Waals surface area contributed by atoms with Gasteiger partial charge in [-0.15, -0.1) is 0 Å². The van der Waals surface area contributed by atoms with Crippen LogP contribution in [0.1, 0.15) is 5.56 Å². The molecule has 2 heterocycles. The normalized spacial score (nSPS) is 11.9. The SMILES string of the molecule is Cc1ccc(S(=O)(=O)n2ccc3c(I)c(O)cnc32)cc1. The molecule has 0 saturated heterocycles. The van der Waals surface area contributed by atoms with Crippen LogP contribution in [0.5, 0.6) is 5.75 Å². The van der Waals surface area contributed by atoms with Gasteiger partial charge in [0.05, 0.1) is 14.7 Å². The predicted molar refractivity (Wildman–Crippen MR) is 87.9 cm³/mol. The number of rotatable bonds is 2. The summed E-state index contributed by atoms with van der Waals surface area (Å²) in [5.41, 5.74) is 1.29. The summed E-state index contributed by atoms with van der Waals surface area (Å²) in [5, 5.41) is 10.3. The Hall–Kier alpha value is -1.61. The first-order valence-electron chi connectivity index (χ1n) is 6.08. The molecule has 0 aliphatic heterocycles. The molecule has 0 aliphatic rings. The van der Waals surface area contributed by atoms with Crippen LogP contribution in [0, 0.1) is 10.5 Å². The molecule has 21 heavy (non-hydrogen) atoms. The molecule has 0 spiro atoms. The number of benzene rings is 1. The second kappa shape index (κ2) is 4.99. The first kappa shape index (κ1) is 14.3. The third kappa shape index (κ3) is 2.30. The summed E-state index contributed by atoms with van der Waals surface area (Å²) < 4.78 is 27.1. The summed E-state index contributed by atoms with van der Waals surface area (Å²) >= 11 is 1.97. The van der Waals surface area contributed by atoms with Crippen LogP contribution >= 0.6 is 22.6 Å². The minimum atomic E-state index is -3.70. The Morgan fingerprint density at radius 1 is 1.19 bits per heavy atom. The Morgan fingerprint density at radius 2 is 1.86 bits per heavy atom. The number of aromatic nitrogens is 2. The second-order valence-corrected chi connectivity index (χ2v) is 7.52. The summed E-state index contributed by atoms with van der Waals surface area (Å²) in [4.78, 5) is 4.24. The Labute approximate surface area is 135 Å². The highest BCUT2D eigenvalue weighted by Gasteiger charge is 2.21. The molecule has 0 saturated carbocycles. The Bertz CT molecular complexity index is 931. The number of nitrogens with zero attached hydrogens (tertiary/aromatic N) is 2. The van der Waals surface area contributed by atoms with E-state index in [1.165, 1.54) is 12.4 Å². The van der Waals surface area contributed by atoms with Crippen LogP contribution < -0.4 is 0 Å². The van der Waals surface area contributed by atoms with Crippen molar-refractivity contribution < 1.29 is 13.5 Å². The van der Waals surface area contributed by atoms with Gasteiger partial charge in [-0.3, -0.25) is 0 Å². The maximum Gasteiger partial charge on any atom is 0.269 e. The molecule has 3 aromatic rings. The maximum atomic E-state index is 12.7. The van der Waals surface area contributed by atoms with Gasteiger partial charge >= 0.3 is 0 Å². The highest BCUT2D eigenvalue weighted by molar-refractivity contribution is 14.1. The molecule has 0 radical (unpaired) electrons. The molecule has 7 heteroatoms. The van der Waals surface area contributed by atoms with Gasteiger partial charge in [0.2, 0.25) is 0 Å². The number of aromatic hydroxyl groups is 1.